The summed E-state index contributed by atoms with van der Waals surface area (Å²) in [7, 11) is -3.75. The molecule has 0 radical (unpaired) electrons. The molecule has 0 unspecified atom stereocenters. The van der Waals surface area contributed by atoms with Crippen LogP contribution in [-0.2, 0) is 14.8 Å². The van der Waals surface area contributed by atoms with Crippen molar-refractivity contribution < 1.29 is 18.3 Å². The first-order chi connectivity index (χ1) is 13.0. The molecule has 1 saturated heterocycles. The number of rotatable bonds is 4. The lowest BCUT2D eigenvalue weighted by Gasteiger charge is -2.58. The van der Waals surface area contributed by atoms with Gasteiger partial charge in [-0.1, -0.05) is 43.3 Å². The van der Waals surface area contributed by atoms with Crippen LogP contribution in [0, 0.1) is 0 Å². The van der Waals surface area contributed by atoms with Gasteiger partial charge in [-0.3, -0.25) is 9.10 Å². The van der Waals surface area contributed by atoms with Crippen molar-refractivity contribution >= 4 is 21.6 Å². The maximum Gasteiger partial charge on any atom is 0.264 e. The van der Waals surface area contributed by atoms with Crippen molar-refractivity contribution in [1.29, 1.82) is 0 Å². The minimum atomic E-state index is -3.75. The molecule has 0 saturated carbocycles. The highest BCUT2D eigenvalue weighted by molar-refractivity contribution is 7.92. The molecule has 4 rings (SSSR count). The Morgan fingerprint density at radius 2 is 1.78 bits per heavy atom. The molecule has 0 aromatic heterocycles. The fraction of sp³-hybridized carbons (Fsp3) is 0.350. The second-order valence-electron chi connectivity index (χ2n) is 6.91. The standard InChI is InChI=1S/C20H22N2O4S/c1-2-19(24)22-17-12-21(27(25,26)14-8-4-3-5-9-14)16-11-7-6-10-15(16)20(17)18(22)13-23/h3-11,17-18,20,23H,2,12-13H2,1H3/t17-,18+,20+/m1/s1. The topological polar surface area (TPSA) is 77.9 Å². The number of nitrogens with zero attached hydrogens (tertiary/aromatic N) is 2. The lowest BCUT2D eigenvalue weighted by molar-refractivity contribution is -0.149. The fourth-order valence-electron chi connectivity index (χ4n) is 4.33. The second-order valence-corrected chi connectivity index (χ2v) is 8.77. The molecule has 0 bridgehead atoms. The summed E-state index contributed by atoms with van der Waals surface area (Å²) in [6, 6.07) is 15.1. The number of para-hydroxylation sites is 1. The van der Waals surface area contributed by atoms with Crippen molar-refractivity contribution in [2.45, 2.75) is 36.2 Å². The number of anilines is 1. The third-order valence-corrected chi connectivity index (χ3v) is 7.36. The Morgan fingerprint density at radius 1 is 1.11 bits per heavy atom. The smallest absolute Gasteiger partial charge is 0.264 e. The van der Waals surface area contributed by atoms with E-state index in [4.69, 9.17) is 0 Å². The van der Waals surface area contributed by atoms with E-state index in [1.165, 1.54) is 4.31 Å². The summed E-state index contributed by atoms with van der Waals surface area (Å²) in [6.45, 7) is 1.84. The van der Waals surface area contributed by atoms with Crippen LogP contribution in [0.5, 0.6) is 0 Å². The first-order valence-corrected chi connectivity index (χ1v) is 10.5. The van der Waals surface area contributed by atoms with Crippen LogP contribution in [0.2, 0.25) is 0 Å². The highest BCUT2D eigenvalue weighted by Gasteiger charge is 2.55. The predicted octanol–water partition coefficient (Wildman–Crippen LogP) is 1.96. The maximum atomic E-state index is 13.3. The molecule has 7 heteroatoms. The number of aliphatic hydroxyl groups excluding tert-OH is 1. The van der Waals surface area contributed by atoms with Gasteiger partial charge in [0.1, 0.15) is 0 Å². The van der Waals surface area contributed by atoms with Gasteiger partial charge < -0.3 is 10.0 Å². The molecule has 0 spiro atoms. The van der Waals surface area contributed by atoms with Crippen LogP contribution >= 0.6 is 0 Å². The Labute approximate surface area is 159 Å². The molecule has 1 amide bonds. The fourth-order valence-corrected chi connectivity index (χ4v) is 5.86. The van der Waals surface area contributed by atoms with Crippen molar-refractivity contribution in [3.8, 4) is 0 Å². The van der Waals surface area contributed by atoms with Crippen LogP contribution in [0.1, 0.15) is 24.8 Å². The molecular weight excluding hydrogens is 364 g/mol. The predicted molar refractivity (Wildman–Crippen MR) is 102 cm³/mol. The molecule has 27 heavy (non-hydrogen) atoms. The average Bonchev–Trinajstić information content (AvgIpc) is 2.68. The maximum absolute atomic E-state index is 13.3. The molecule has 6 nitrogen and oxygen atoms in total. The van der Waals surface area contributed by atoms with Crippen molar-refractivity contribution in [2.75, 3.05) is 17.5 Å². The van der Waals surface area contributed by atoms with E-state index in [0.29, 0.717) is 12.1 Å². The normalized spacial score (nSPS) is 24.0. The van der Waals surface area contributed by atoms with Crippen LogP contribution in [0.3, 0.4) is 0 Å². The van der Waals surface area contributed by atoms with E-state index in [1.807, 2.05) is 18.2 Å². The average molecular weight is 386 g/mol. The van der Waals surface area contributed by atoms with Gasteiger partial charge in [-0.15, -0.1) is 0 Å². The number of hydrogen-bond acceptors (Lipinski definition) is 4. The molecule has 1 N–H and O–H groups in total. The van der Waals surface area contributed by atoms with Crippen LogP contribution in [0.25, 0.3) is 0 Å². The van der Waals surface area contributed by atoms with Gasteiger partial charge >= 0.3 is 0 Å². The number of sulfonamides is 1. The molecule has 0 aliphatic carbocycles. The van der Waals surface area contributed by atoms with Crippen molar-refractivity contribution in [2.24, 2.45) is 0 Å². The van der Waals surface area contributed by atoms with Gasteiger partial charge in [0, 0.05) is 12.3 Å². The van der Waals surface area contributed by atoms with Gasteiger partial charge in [0.15, 0.2) is 0 Å². The molecule has 2 aliphatic rings. The molecule has 2 aromatic rings. The highest BCUT2D eigenvalue weighted by Crippen LogP contribution is 2.49. The third-order valence-electron chi connectivity index (χ3n) is 5.57. The van der Waals surface area contributed by atoms with E-state index in [1.54, 1.807) is 48.2 Å². The Kier molecular flexibility index (Phi) is 4.44. The summed E-state index contributed by atoms with van der Waals surface area (Å²) in [5.41, 5.74) is 1.50. The lowest BCUT2D eigenvalue weighted by atomic mass is 9.72. The van der Waals surface area contributed by atoms with Crippen molar-refractivity contribution in [3.05, 3.63) is 60.2 Å². The Hall–Kier alpha value is -2.38. The molecule has 1 fully saturated rings. The zero-order valence-corrected chi connectivity index (χ0v) is 15.8. The quantitative estimate of drug-likeness (QED) is 0.871. The number of amides is 1. The Balaban J connectivity index is 1.81. The lowest BCUT2D eigenvalue weighted by Crippen LogP contribution is -2.70. The van der Waals surface area contributed by atoms with Gasteiger partial charge in [0.05, 0.1) is 35.8 Å². The first kappa shape index (κ1) is 18.0. The van der Waals surface area contributed by atoms with E-state index in [9.17, 15) is 18.3 Å². The summed E-state index contributed by atoms with van der Waals surface area (Å²) in [4.78, 5) is 14.3. The monoisotopic (exact) mass is 386 g/mol. The van der Waals surface area contributed by atoms with Gasteiger partial charge in [-0.25, -0.2) is 8.42 Å². The number of aliphatic hydroxyl groups is 1. The molecule has 3 atom stereocenters. The number of benzene rings is 2. The van der Waals surface area contributed by atoms with E-state index in [0.717, 1.165) is 5.56 Å². The van der Waals surface area contributed by atoms with Crippen LogP contribution < -0.4 is 4.31 Å². The molecular formula is C20H22N2O4S. The number of carbonyl (C=O) groups excluding carboxylic acids is 1. The number of likely N-dealkylation sites (tertiary alicyclic amines) is 1. The van der Waals surface area contributed by atoms with E-state index < -0.39 is 10.0 Å². The van der Waals surface area contributed by atoms with Crippen molar-refractivity contribution in [3.63, 3.8) is 0 Å². The van der Waals surface area contributed by atoms with Crippen molar-refractivity contribution in [1.82, 2.24) is 4.90 Å². The second kappa shape index (κ2) is 6.65. The third kappa shape index (κ3) is 2.64. The van der Waals surface area contributed by atoms with E-state index in [2.05, 4.69) is 0 Å². The summed E-state index contributed by atoms with van der Waals surface area (Å²) in [5, 5.41) is 9.84. The zero-order valence-electron chi connectivity index (χ0n) is 15.0. The van der Waals surface area contributed by atoms with E-state index >= 15 is 0 Å². The summed E-state index contributed by atoms with van der Waals surface area (Å²) in [6.07, 6.45) is 0.326. The number of hydrogen-bond donors (Lipinski definition) is 1. The minimum absolute atomic E-state index is 0.0519. The SMILES string of the molecule is CCC(=O)N1[C@@H]2CN(S(=O)(=O)c3ccccc3)c3ccccc3[C@@H]2[C@@H]1CO. The molecule has 2 aliphatic heterocycles. The van der Waals surface area contributed by atoms with Crippen LogP contribution in [0.15, 0.2) is 59.5 Å². The van der Waals surface area contributed by atoms with Gasteiger partial charge in [-0.05, 0) is 23.8 Å². The minimum Gasteiger partial charge on any atom is -0.394 e. The van der Waals surface area contributed by atoms with Crippen LogP contribution in [0.4, 0.5) is 5.69 Å². The number of fused-ring (bicyclic) bond motifs is 3. The van der Waals surface area contributed by atoms with Gasteiger partial charge in [-0.2, -0.15) is 0 Å². The summed E-state index contributed by atoms with van der Waals surface area (Å²) >= 11 is 0. The summed E-state index contributed by atoms with van der Waals surface area (Å²) < 4.78 is 28.0. The summed E-state index contributed by atoms with van der Waals surface area (Å²) in [5.74, 6) is -0.115. The Morgan fingerprint density at radius 3 is 2.44 bits per heavy atom. The first-order valence-electron chi connectivity index (χ1n) is 9.09. The molecule has 142 valence electrons. The number of carbonyl (C=O) groups is 1. The zero-order chi connectivity index (χ0) is 19.2. The Bertz CT molecular complexity index is 961. The molecule has 2 aromatic carbocycles. The van der Waals surface area contributed by atoms with Crippen LogP contribution in [-0.4, -0.2) is 49.6 Å². The van der Waals surface area contributed by atoms with Gasteiger partial charge in [0.25, 0.3) is 10.0 Å². The van der Waals surface area contributed by atoms with Gasteiger partial charge in [0.2, 0.25) is 5.91 Å². The molecule has 2 heterocycles. The highest BCUT2D eigenvalue weighted by atomic mass is 32.2. The van der Waals surface area contributed by atoms with E-state index in [-0.39, 0.29) is 42.0 Å². The largest absolute Gasteiger partial charge is 0.394 e.